The van der Waals surface area contributed by atoms with E-state index in [1.807, 2.05) is 30.3 Å². The molecule has 1 N–H and O–H groups in total. The van der Waals surface area contributed by atoms with Gasteiger partial charge in [0.15, 0.2) is 0 Å². The molecule has 0 aliphatic carbocycles. The van der Waals surface area contributed by atoms with E-state index in [0.717, 1.165) is 5.56 Å². The summed E-state index contributed by atoms with van der Waals surface area (Å²) in [7, 11) is 5.62. The largest absolute Gasteiger partial charge is 0.348 e. The Kier molecular flexibility index (Phi) is 3.60. The minimum Gasteiger partial charge on any atom is -0.348 e. The average Bonchev–Trinajstić information content (AvgIpc) is 2.37. The maximum absolute atomic E-state index is 11.8. The van der Waals surface area contributed by atoms with Crippen LogP contribution in [0.25, 0.3) is 0 Å². The molecule has 2 aromatic carbocycles. The highest BCUT2D eigenvalue weighted by Gasteiger charge is 2.04. The summed E-state index contributed by atoms with van der Waals surface area (Å²) in [6.07, 6.45) is 0. The Hall–Kier alpha value is -2.03. The van der Waals surface area contributed by atoms with Crippen molar-refractivity contribution >= 4 is 19.2 Å². The molecule has 1 amide bonds. The highest BCUT2D eigenvalue weighted by Crippen LogP contribution is 2.00. The Bertz CT molecular complexity index is 511. The second-order valence-electron chi connectivity index (χ2n) is 3.79. The number of rotatable bonds is 3. The predicted molar refractivity (Wildman–Crippen MR) is 69.4 cm³/mol. The smallest absolute Gasteiger partial charge is 0.251 e. The summed E-state index contributed by atoms with van der Waals surface area (Å²) in [6, 6.07) is 16.7. The molecule has 0 saturated heterocycles. The molecular weight excluding hydrogens is 209 g/mol. The maximum Gasteiger partial charge on any atom is 0.251 e. The van der Waals surface area contributed by atoms with Crippen molar-refractivity contribution < 1.29 is 4.79 Å². The summed E-state index contributed by atoms with van der Waals surface area (Å²) >= 11 is 0. The Morgan fingerprint density at radius 1 is 1.06 bits per heavy atom. The zero-order chi connectivity index (χ0) is 12.1. The van der Waals surface area contributed by atoms with Crippen molar-refractivity contribution in [3.63, 3.8) is 0 Å². The molecule has 3 heteroatoms. The van der Waals surface area contributed by atoms with Gasteiger partial charge in [0.25, 0.3) is 5.91 Å². The Labute approximate surface area is 102 Å². The molecule has 0 unspecified atom stereocenters. The van der Waals surface area contributed by atoms with E-state index in [-0.39, 0.29) is 5.91 Å². The summed E-state index contributed by atoms with van der Waals surface area (Å²) in [5.41, 5.74) is 2.25. The SMILES string of the molecule is [B]c1cccc(C(=O)NCc2ccccc2)c1. The molecule has 17 heavy (non-hydrogen) atoms. The fraction of sp³-hybridized carbons (Fsp3) is 0.0714. The van der Waals surface area contributed by atoms with Gasteiger partial charge in [-0.2, -0.15) is 0 Å². The lowest BCUT2D eigenvalue weighted by molar-refractivity contribution is 0.0951. The van der Waals surface area contributed by atoms with Gasteiger partial charge in [-0.3, -0.25) is 4.79 Å². The van der Waals surface area contributed by atoms with Crippen LogP contribution in [0.3, 0.4) is 0 Å². The first-order valence-corrected chi connectivity index (χ1v) is 5.43. The first-order chi connectivity index (χ1) is 8.25. The van der Waals surface area contributed by atoms with Crippen LogP contribution in [-0.4, -0.2) is 13.8 Å². The maximum atomic E-state index is 11.8. The fourth-order valence-electron chi connectivity index (χ4n) is 1.56. The molecule has 2 nitrogen and oxygen atoms in total. The monoisotopic (exact) mass is 221 g/mol. The standard InChI is InChI=1S/C14H12BNO/c15-13-8-4-7-12(9-13)14(17)16-10-11-5-2-1-3-6-11/h1-9H,10H2,(H,16,17). The summed E-state index contributed by atoms with van der Waals surface area (Å²) in [5.74, 6) is -0.110. The normalized spacial score (nSPS) is 9.88. The van der Waals surface area contributed by atoms with E-state index in [1.54, 1.807) is 24.3 Å². The average molecular weight is 221 g/mol. The lowest BCUT2D eigenvalue weighted by atomic mass is 9.94. The third-order valence-corrected chi connectivity index (χ3v) is 2.44. The minimum atomic E-state index is -0.110. The van der Waals surface area contributed by atoms with Crippen molar-refractivity contribution in [1.82, 2.24) is 5.32 Å². The van der Waals surface area contributed by atoms with Crippen molar-refractivity contribution in [3.8, 4) is 0 Å². The first-order valence-electron chi connectivity index (χ1n) is 5.43. The van der Waals surface area contributed by atoms with Crippen molar-refractivity contribution in [2.24, 2.45) is 0 Å². The van der Waals surface area contributed by atoms with Crippen LogP contribution in [0.1, 0.15) is 15.9 Å². The minimum absolute atomic E-state index is 0.110. The van der Waals surface area contributed by atoms with Crippen LogP contribution >= 0.6 is 0 Å². The van der Waals surface area contributed by atoms with Gasteiger partial charge >= 0.3 is 0 Å². The van der Waals surface area contributed by atoms with E-state index in [4.69, 9.17) is 7.85 Å². The van der Waals surface area contributed by atoms with Crippen molar-refractivity contribution in [2.75, 3.05) is 0 Å². The summed E-state index contributed by atoms with van der Waals surface area (Å²) in [5, 5.41) is 2.85. The molecule has 0 heterocycles. The van der Waals surface area contributed by atoms with Crippen LogP contribution in [0.5, 0.6) is 0 Å². The molecule has 82 valence electrons. The second-order valence-corrected chi connectivity index (χ2v) is 3.79. The van der Waals surface area contributed by atoms with E-state index in [1.165, 1.54) is 0 Å². The molecule has 0 bridgehead atoms. The van der Waals surface area contributed by atoms with Gasteiger partial charge in [0.05, 0.1) is 0 Å². The Balaban J connectivity index is 1.98. The summed E-state index contributed by atoms with van der Waals surface area (Å²) in [4.78, 5) is 11.8. The second kappa shape index (κ2) is 5.35. The number of hydrogen-bond donors (Lipinski definition) is 1. The van der Waals surface area contributed by atoms with E-state index in [2.05, 4.69) is 5.32 Å². The predicted octanol–water partition coefficient (Wildman–Crippen LogP) is 1.41. The quantitative estimate of drug-likeness (QED) is 0.780. The van der Waals surface area contributed by atoms with Gasteiger partial charge < -0.3 is 5.32 Å². The molecule has 0 atom stereocenters. The molecule has 0 saturated carbocycles. The molecule has 2 aromatic rings. The summed E-state index contributed by atoms with van der Waals surface area (Å²) in [6.45, 7) is 0.522. The van der Waals surface area contributed by atoms with E-state index < -0.39 is 0 Å². The van der Waals surface area contributed by atoms with Gasteiger partial charge in [-0.1, -0.05) is 54.0 Å². The van der Waals surface area contributed by atoms with E-state index in [0.29, 0.717) is 17.6 Å². The lowest BCUT2D eigenvalue weighted by Gasteiger charge is -2.05. The van der Waals surface area contributed by atoms with Crippen LogP contribution in [-0.2, 0) is 6.54 Å². The van der Waals surface area contributed by atoms with E-state index in [9.17, 15) is 4.79 Å². The molecule has 0 spiro atoms. The fourth-order valence-corrected chi connectivity index (χ4v) is 1.56. The molecule has 0 aliphatic rings. The highest BCUT2D eigenvalue weighted by molar-refractivity contribution is 6.32. The van der Waals surface area contributed by atoms with Gasteiger partial charge in [0.2, 0.25) is 0 Å². The summed E-state index contributed by atoms with van der Waals surface area (Å²) < 4.78 is 0. The van der Waals surface area contributed by atoms with Crippen molar-refractivity contribution in [1.29, 1.82) is 0 Å². The van der Waals surface area contributed by atoms with Crippen molar-refractivity contribution in [3.05, 3.63) is 65.7 Å². The number of benzene rings is 2. The number of amides is 1. The van der Waals surface area contributed by atoms with Gasteiger partial charge in [0, 0.05) is 12.1 Å². The van der Waals surface area contributed by atoms with E-state index >= 15 is 0 Å². The van der Waals surface area contributed by atoms with Crippen LogP contribution in [0, 0.1) is 0 Å². The van der Waals surface area contributed by atoms with Crippen LogP contribution < -0.4 is 10.8 Å². The highest BCUT2D eigenvalue weighted by atomic mass is 16.1. The zero-order valence-electron chi connectivity index (χ0n) is 9.39. The van der Waals surface area contributed by atoms with Gasteiger partial charge in [-0.25, -0.2) is 0 Å². The van der Waals surface area contributed by atoms with Gasteiger partial charge in [-0.15, -0.1) is 0 Å². The molecular formula is C14H12BNO. The third-order valence-electron chi connectivity index (χ3n) is 2.44. The van der Waals surface area contributed by atoms with Crippen LogP contribution in [0.15, 0.2) is 54.6 Å². The molecule has 2 rings (SSSR count). The van der Waals surface area contributed by atoms with Crippen LogP contribution in [0.4, 0.5) is 0 Å². The first kappa shape index (κ1) is 11.5. The van der Waals surface area contributed by atoms with Crippen molar-refractivity contribution in [2.45, 2.75) is 6.54 Å². The third kappa shape index (κ3) is 3.21. The number of hydrogen-bond acceptors (Lipinski definition) is 1. The molecule has 0 fully saturated rings. The lowest BCUT2D eigenvalue weighted by Crippen LogP contribution is -2.23. The molecule has 2 radical (unpaired) electrons. The number of carbonyl (C=O) groups is 1. The Morgan fingerprint density at radius 2 is 1.82 bits per heavy atom. The molecule has 0 aliphatic heterocycles. The number of nitrogens with one attached hydrogen (secondary N) is 1. The van der Waals surface area contributed by atoms with Gasteiger partial charge in [-0.05, 0) is 11.6 Å². The van der Waals surface area contributed by atoms with Gasteiger partial charge in [0.1, 0.15) is 7.85 Å². The zero-order valence-corrected chi connectivity index (χ0v) is 9.39. The topological polar surface area (TPSA) is 29.1 Å². The molecule has 0 aromatic heterocycles. The Morgan fingerprint density at radius 3 is 2.53 bits per heavy atom. The van der Waals surface area contributed by atoms with Crippen LogP contribution in [0.2, 0.25) is 0 Å². The number of carbonyl (C=O) groups excluding carboxylic acids is 1.